The molecule has 0 aliphatic carbocycles. The fourth-order valence-electron chi connectivity index (χ4n) is 4.61. The van der Waals surface area contributed by atoms with Crippen molar-refractivity contribution in [2.75, 3.05) is 66.7 Å². The monoisotopic (exact) mass is 353 g/mol. The normalized spacial score (nSPS) is 26.1. The lowest BCUT2D eigenvalue weighted by molar-refractivity contribution is -0.134. The topological polar surface area (TPSA) is 62.3 Å². The maximum absolute atomic E-state index is 12.8. The molecule has 0 unspecified atom stereocenters. The molecule has 3 heterocycles. The van der Waals surface area contributed by atoms with E-state index in [1.807, 2.05) is 14.7 Å². The molecule has 3 aliphatic rings. The highest BCUT2D eigenvalue weighted by Crippen LogP contribution is 2.45. The van der Waals surface area contributed by atoms with Gasteiger partial charge in [-0.3, -0.25) is 4.79 Å². The summed E-state index contributed by atoms with van der Waals surface area (Å²) in [6.07, 6.45) is 3.97. The van der Waals surface area contributed by atoms with Crippen molar-refractivity contribution in [1.82, 2.24) is 14.7 Å². The minimum Gasteiger partial charge on any atom is -0.384 e. The van der Waals surface area contributed by atoms with Crippen molar-refractivity contribution in [3.63, 3.8) is 0 Å². The third-order valence-electron chi connectivity index (χ3n) is 6.16. The largest absolute Gasteiger partial charge is 0.384 e. The number of ether oxygens (including phenoxy) is 2. The first-order valence-electron chi connectivity index (χ1n) is 9.42. The van der Waals surface area contributed by atoms with Crippen LogP contribution in [0.4, 0.5) is 4.79 Å². The van der Waals surface area contributed by atoms with Crippen LogP contribution in [0, 0.1) is 11.3 Å². The molecule has 3 rings (SSSR count). The summed E-state index contributed by atoms with van der Waals surface area (Å²) < 4.78 is 10.5. The highest BCUT2D eigenvalue weighted by atomic mass is 16.5. The Balaban J connectivity index is 1.64. The van der Waals surface area contributed by atoms with Crippen molar-refractivity contribution in [1.29, 1.82) is 0 Å². The van der Waals surface area contributed by atoms with E-state index in [9.17, 15) is 9.59 Å². The van der Waals surface area contributed by atoms with Gasteiger partial charge in [-0.2, -0.15) is 0 Å². The second-order valence-corrected chi connectivity index (χ2v) is 7.59. The highest BCUT2D eigenvalue weighted by molar-refractivity contribution is 5.82. The molecule has 0 aromatic rings. The third kappa shape index (κ3) is 3.62. The molecule has 0 N–H and O–H groups in total. The molecule has 1 atom stereocenters. The molecule has 3 aliphatic heterocycles. The zero-order valence-electron chi connectivity index (χ0n) is 15.5. The molecule has 1 spiro atoms. The first kappa shape index (κ1) is 18.5. The molecule has 3 fully saturated rings. The van der Waals surface area contributed by atoms with Gasteiger partial charge in [0.05, 0.1) is 19.1 Å². The Labute approximate surface area is 150 Å². The van der Waals surface area contributed by atoms with Crippen LogP contribution >= 0.6 is 0 Å². The zero-order valence-corrected chi connectivity index (χ0v) is 15.5. The first-order chi connectivity index (χ1) is 12.1. The summed E-state index contributed by atoms with van der Waals surface area (Å²) in [5.74, 6) is 0.0802. The van der Waals surface area contributed by atoms with E-state index in [2.05, 4.69) is 0 Å². The molecule has 0 radical (unpaired) electrons. The summed E-state index contributed by atoms with van der Waals surface area (Å²) in [4.78, 5) is 31.3. The number of hydrogen-bond donors (Lipinski definition) is 0. The maximum Gasteiger partial charge on any atom is 0.319 e. The minimum atomic E-state index is -0.0987. The molecule has 7 nitrogen and oxygen atoms in total. The number of hydrogen-bond acceptors (Lipinski definition) is 4. The lowest BCUT2D eigenvalue weighted by Crippen LogP contribution is -2.50. The number of methoxy groups -OCH3 is 2. The average Bonchev–Trinajstić information content (AvgIpc) is 3.24. The molecule has 0 bridgehead atoms. The molecule has 25 heavy (non-hydrogen) atoms. The Kier molecular flexibility index (Phi) is 5.84. The molecular weight excluding hydrogens is 322 g/mol. The lowest BCUT2D eigenvalue weighted by Gasteiger charge is -2.42. The van der Waals surface area contributed by atoms with Gasteiger partial charge in [0, 0.05) is 58.9 Å². The van der Waals surface area contributed by atoms with Gasteiger partial charge in [-0.15, -0.1) is 0 Å². The van der Waals surface area contributed by atoms with E-state index in [1.165, 1.54) is 0 Å². The molecule has 7 heteroatoms. The van der Waals surface area contributed by atoms with Gasteiger partial charge in [0.15, 0.2) is 0 Å². The third-order valence-corrected chi connectivity index (χ3v) is 6.16. The SMILES string of the molecule is COCCN1CC2(CCN(C(=O)N3CCCC3)CC2)[C@@H](COC)C1=O. The Morgan fingerprint density at radius 2 is 1.72 bits per heavy atom. The van der Waals surface area contributed by atoms with Crippen LogP contribution < -0.4 is 0 Å². The Morgan fingerprint density at radius 1 is 1.08 bits per heavy atom. The molecule has 0 aromatic heterocycles. The van der Waals surface area contributed by atoms with E-state index in [4.69, 9.17) is 9.47 Å². The summed E-state index contributed by atoms with van der Waals surface area (Å²) in [7, 11) is 3.32. The van der Waals surface area contributed by atoms with Crippen LogP contribution in [0.25, 0.3) is 0 Å². The van der Waals surface area contributed by atoms with Gasteiger partial charge in [0.1, 0.15) is 0 Å². The van der Waals surface area contributed by atoms with E-state index in [0.29, 0.717) is 19.8 Å². The first-order valence-corrected chi connectivity index (χ1v) is 9.42. The van der Waals surface area contributed by atoms with E-state index < -0.39 is 0 Å². The van der Waals surface area contributed by atoms with Crippen molar-refractivity contribution in [2.24, 2.45) is 11.3 Å². The molecule has 142 valence electrons. The predicted molar refractivity (Wildman–Crippen MR) is 93.3 cm³/mol. The van der Waals surface area contributed by atoms with Crippen molar-refractivity contribution in [2.45, 2.75) is 25.7 Å². The number of urea groups is 1. The fraction of sp³-hybridized carbons (Fsp3) is 0.889. The Morgan fingerprint density at radius 3 is 2.32 bits per heavy atom. The van der Waals surface area contributed by atoms with Crippen LogP contribution in [0.3, 0.4) is 0 Å². The van der Waals surface area contributed by atoms with E-state index in [-0.39, 0.29) is 23.3 Å². The number of piperidine rings is 1. The quantitative estimate of drug-likeness (QED) is 0.741. The van der Waals surface area contributed by atoms with Gasteiger partial charge in [-0.1, -0.05) is 0 Å². The average molecular weight is 353 g/mol. The Hall–Kier alpha value is -1.34. The van der Waals surface area contributed by atoms with E-state index in [1.54, 1.807) is 14.2 Å². The number of nitrogens with zero attached hydrogens (tertiary/aromatic N) is 3. The van der Waals surface area contributed by atoms with Crippen molar-refractivity contribution >= 4 is 11.9 Å². The number of rotatable bonds is 5. The second kappa shape index (κ2) is 7.91. The molecule has 0 aromatic carbocycles. The van der Waals surface area contributed by atoms with Crippen molar-refractivity contribution in [3.8, 4) is 0 Å². The van der Waals surface area contributed by atoms with Crippen LogP contribution in [-0.2, 0) is 14.3 Å². The van der Waals surface area contributed by atoms with Gasteiger partial charge in [0.25, 0.3) is 0 Å². The lowest BCUT2D eigenvalue weighted by atomic mass is 9.71. The van der Waals surface area contributed by atoms with Crippen LogP contribution in [0.1, 0.15) is 25.7 Å². The van der Waals surface area contributed by atoms with Gasteiger partial charge < -0.3 is 24.2 Å². The molecule has 3 saturated heterocycles. The van der Waals surface area contributed by atoms with Crippen LogP contribution in [0.2, 0.25) is 0 Å². The zero-order chi connectivity index (χ0) is 17.9. The summed E-state index contributed by atoms with van der Waals surface area (Å²) in [6, 6.07) is 0.177. The number of carbonyl (C=O) groups excluding carboxylic acids is 2. The fourth-order valence-corrected chi connectivity index (χ4v) is 4.61. The van der Waals surface area contributed by atoms with E-state index >= 15 is 0 Å². The van der Waals surface area contributed by atoms with Crippen molar-refractivity contribution < 1.29 is 19.1 Å². The summed E-state index contributed by atoms with van der Waals surface area (Å²) in [6.45, 7) is 5.65. The van der Waals surface area contributed by atoms with Crippen LogP contribution in [0.15, 0.2) is 0 Å². The number of amides is 3. The summed E-state index contributed by atoms with van der Waals surface area (Å²) in [5.41, 5.74) is -0.0668. The molecular formula is C18H31N3O4. The van der Waals surface area contributed by atoms with Crippen LogP contribution in [-0.4, -0.2) is 93.3 Å². The summed E-state index contributed by atoms with van der Waals surface area (Å²) >= 11 is 0. The molecule has 0 saturated carbocycles. The van der Waals surface area contributed by atoms with Crippen molar-refractivity contribution in [3.05, 3.63) is 0 Å². The van der Waals surface area contributed by atoms with Gasteiger partial charge >= 0.3 is 6.03 Å². The van der Waals surface area contributed by atoms with Gasteiger partial charge in [-0.25, -0.2) is 4.79 Å². The number of likely N-dealkylation sites (tertiary alicyclic amines) is 3. The Bertz CT molecular complexity index is 485. The summed E-state index contributed by atoms with van der Waals surface area (Å²) in [5, 5.41) is 0. The standard InChI is InChI=1S/C18H31N3O4/c1-24-12-11-21-14-18(15(13-25-2)16(21)22)5-9-20(10-6-18)17(23)19-7-3-4-8-19/h15H,3-14H2,1-2H3/t15-/m0/s1. The minimum absolute atomic E-state index is 0.0668. The molecule has 3 amide bonds. The highest BCUT2D eigenvalue weighted by Gasteiger charge is 2.53. The van der Waals surface area contributed by atoms with Gasteiger partial charge in [-0.05, 0) is 25.7 Å². The number of carbonyl (C=O) groups is 2. The smallest absolute Gasteiger partial charge is 0.319 e. The van der Waals surface area contributed by atoms with Gasteiger partial charge in [0.2, 0.25) is 5.91 Å². The maximum atomic E-state index is 12.8. The van der Waals surface area contributed by atoms with E-state index in [0.717, 1.165) is 58.4 Å². The van der Waals surface area contributed by atoms with Crippen LogP contribution in [0.5, 0.6) is 0 Å². The second-order valence-electron chi connectivity index (χ2n) is 7.59. The predicted octanol–water partition coefficient (Wildman–Crippen LogP) is 1.04.